The van der Waals surface area contributed by atoms with Gasteiger partial charge in [0, 0.05) is 16.6 Å². The summed E-state index contributed by atoms with van der Waals surface area (Å²) in [5.41, 5.74) is 4.26. The van der Waals surface area contributed by atoms with Gasteiger partial charge >= 0.3 is 0 Å². The first-order valence-electron chi connectivity index (χ1n) is 8.35. The number of hydrogen-bond donors (Lipinski definition) is 0. The highest BCUT2D eigenvalue weighted by molar-refractivity contribution is 6.29. The van der Waals surface area contributed by atoms with Gasteiger partial charge in [0.15, 0.2) is 0 Å². The van der Waals surface area contributed by atoms with Gasteiger partial charge in [0.05, 0.1) is 0 Å². The molecule has 1 heterocycles. The lowest BCUT2D eigenvalue weighted by atomic mass is 9.65. The maximum atomic E-state index is 12.5. The summed E-state index contributed by atoms with van der Waals surface area (Å²) >= 11 is 5.90. The molecular weight excluding hydrogens is 318 g/mol. The second-order valence-electron chi connectivity index (χ2n) is 7.57. The van der Waals surface area contributed by atoms with E-state index in [0.29, 0.717) is 0 Å². The highest BCUT2D eigenvalue weighted by Gasteiger charge is 2.47. The van der Waals surface area contributed by atoms with E-state index < -0.39 is 0 Å². The highest BCUT2D eigenvalue weighted by Crippen LogP contribution is 2.50. The number of nitrogens with zero attached hydrogens (tertiary/aromatic N) is 1. The van der Waals surface area contributed by atoms with Gasteiger partial charge in [-0.1, -0.05) is 55.0 Å². The molecule has 1 aliphatic rings. The third-order valence-corrected chi connectivity index (χ3v) is 5.38. The number of halogens is 1. The molecule has 1 aliphatic heterocycles. The molecule has 2 nitrogen and oxygen atoms in total. The molecule has 3 heteroatoms. The van der Waals surface area contributed by atoms with E-state index in [9.17, 15) is 4.79 Å². The fourth-order valence-corrected chi connectivity index (χ4v) is 4.40. The molecule has 0 saturated carbocycles. The van der Waals surface area contributed by atoms with Crippen LogP contribution in [0, 0.1) is 6.92 Å². The third-order valence-electron chi connectivity index (χ3n) is 5.15. The average Bonchev–Trinajstić information content (AvgIpc) is 2.54. The quantitative estimate of drug-likeness (QED) is 0.699. The maximum absolute atomic E-state index is 12.5. The van der Waals surface area contributed by atoms with Crippen LogP contribution in [0.2, 0.25) is 0 Å². The molecule has 0 spiro atoms. The van der Waals surface area contributed by atoms with Crippen molar-refractivity contribution in [1.29, 1.82) is 0 Å². The number of alkyl halides is 1. The summed E-state index contributed by atoms with van der Waals surface area (Å²) in [5.74, 6) is -0.0424. The molecular formula is C21H24ClNO. The van der Waals surface area contributed by atoms with Gasteiger partial charge in [-0.15, -0.1) is 11.6 Å². The van der Waals surface area contributed by atoms with Crippen molar-refractivity contribution >= 4 is 23.2 Å². The first kappa shape index (κ1) is 17.0. The van der Waals surface area contributed by atoms with Crippen LogP contribution in [0.25, 0.3) is 0 Å². The normalized spacial score (nSPS) is 22.1. The summed E-state index contributed by atoms with van der Waals surface area (Å²) in [6.07, 6.45) is 0.850. The van der Waals surface area contributed by atoms with Crippen LogP contribution in [0.4, 0.5) is 5.69 Å². The molecule has 0 bridgehead atoms. The fraction of sp³-hybridized carbons (Fsp3) is 0.381. The Balaban J connectivity index is 2.25. The van der Waals surface area contributed by atoms with Crippen molar-refractivity contribution in [1.82, 2.24) is 0 Å². The van der Waals surface area contributed by atoms with Gasteiger partial charge in [-0.25, -0.2) is 0 Å². The second-order valence-corrected chi connectivity index (χ2v) is 7.84. The Morgan fingerprint density at radius 2 is 1.83 bits per heavy atom. The zero-order chi connectivity index (χ0) is 17.5. The molecule has 1 unspecified atom stereocenters. The van der Waals surface area contributed by atoms with Crippen LogP contribution in [-0.2, 0) is 10.2 Å². The largest absolute Gasteiger partial charge is 0.305 e. The summed E-state index contributed by atoms with van der Waals surface area (Å²) in [4.78, 5) is 14.4. The van der Waals surface area contributed by atoms with Crippen LogP contribution in [0.1, 0.15) is 43.9 Å². The molecule has 2 aromatic rings. The standard InChI is InChI=1S/C21H24ClNO/c1-15-8-7-9-16(12-15)21(4)14-20(2,3)23(19(24)13-22)18-11-6-5-10-17(18)21/h5-12H,13-14H2,1-4H3. The van der Waals surface area contributed by atoms with Crippen molar-refractivity contribution in [3.63, 3.8) is 0 Å². The fourth-order valence-electron chi connectivity index (χ4n) is 4.28. The summed E-state index contributed by atoms with van der Waals surface area (Å²) in [5, 5.41) is 0. The van der Waals surface area contributed by atoms with Gasteiger partial charge in [-0.2, -0.15) is 0 Å². The van der Waals surface area contributed by atoms with E-state index >= 15 is 0 Å². The van der Waals surface area contributed by atoms with Gasteiger partial charge < -0.3 is 4.90 Å². The van der Waals surface area contributed by atoms with Crippen LogP contribution in [0.5, 0.6) is 0 Å². The smallest absolute Gasteiger partial charge is 0.242 e. The van der Waals surface area contributed by atoms with E-state index in [1.807, 2.05) is 17.0 Å². The van der Waals surface area contributed by atoms with Crippen molar-refractivity contribution in [3.8, 4) is 0 Å². The van der Waals surface area contributed by atoms with E-state index in [2.05, 4.69) is 64.1 Å². The second kappa shape index (κ2) is 5.93. The lowest BCUT2D eigenvalue weighted by molar-refractivity contribution is -0.117. The Hall–Kier alpha value is -1.80. The monoisotopic (exact) mass is 341 g/mol. The molecule has 0 saturated heterocycles. The molecule has 24 heavy (non-hydrogen) atoms. The zero-order valence-electron chi connectivity index (χ0n) is 14.8. The summed E-state index contributed by atoms with van der Waals surface area (Å²) in [7, 11) is 0. The molecule has 0 N–H and O–H groups in total. The number of para-hydroxylation sites is 1. The van der Waals surface area contributed by atoms with Crippen LogP contribution >= 0.6 is 11.6 Å². The van der Waals surface area contributed by atoms with E-state index in [0.717, 1.165) is 12.1 Å². The number of hydrogen-bond acceptors (Lipinski definition) is 1. The molecule has 0 aromatic heterocycles. The molecule has 1 amide bonds. The molecule has 2 aromatic carbocycles. The van der Waals surface area contributed by atoms with Crippen molar-refractivity contribution in [2.75, 3.05) is 10.8 Å². The van der Waals surface area contributed by atoms with Gasteiger partial charge in [0.25, 0.3) is 0 Å². The SMILES string of the molecule is Cc1cccc(C2(C)CC(C)(C)N(C(=O)CCl)c3ccccc32)c1. The summed E-state index contributed by atoms with van der Waals surface area (Å²) < 4.78 is 0. The number of amides is 1. The van der Waals surface area contributed by atoms with Gasteiger partial charge in [-0.05, 0) is 44.4 Å². The number of fused-ring (bicyclic) bond motifs is 1. The van der Waals surface area contributed by atoms with Crippen molar-refractivity contribution in [2.45, 2.75) is 45.1 Å². The minimum atomic E-state index is -0.307. The molecule has 0 aliphatic carbocycles. The van der Waals surface area contributed by atoms with Crippen molar-refractivity contribution in [2.24, 2.45) is 0 Å². The van der Waals surface area contributed by atoms with E-state index in [1.54, 1.807) is 0 Å². The number of rotatable bonds is 2. The Morgan fingerprint density at radius 1 is 1.12 bits per heavy atom. The number of carbonyl (C=O) groups excluding carboxylic acids is 1. The predicted molar refractivity (Wildman–Crippen MR) is 101 cm³/mol. The maximum Gasteiger partial charge on any atom is 0.242 e. The van der Waals surface area contributed by atoms with Crippen LogP contribution in [0.15, 0.2) is 48.5 Å². The van der Waals surface area contributed by atoms with Crippen molar-refractivity contribution < 1.29 is 4.79 Å². The number of aryl methyl sites for hydroxylation is 1. The highest BCUT2D eigenvalue weighted by atomic mass is 35.5. The first-order chi connectivity index (χ1) is 11.3. The molecule has 0 fully saturated rings. The van der Waals surface area contributed by atoms with Crippen LogP contribution in [-0.4, -0.2) is 17.3 Å². The molecule has 126 valence electrons. The van der Waals surface area contributed by atoms with Crippen molar-refractivity contribution in [3.05, 3.63) is 65.2 Å². The molecule has 0 radical (unpaired) electrons. The van der Waals surface area contributed by atoms with E-state index in [-0.39, 0.29) is 22.7 Å². The summed E-state index contributed by atoms with van der Waals surface area (Å²) in [6, 6.07) is 16.9. The topological polar surface area (TPSA) is 20.3 Å². The zero-order valence-corrected chi connectivity index (χ0v) is 15.5. The van der Waals surface area contributed by atoms with Gasteiger partial charge in [-0.3, -0.25) is 4.79 Å². The Morgan fingerprint density at radius 3 is 2.50 bits per heavy atom. The van der Waals surface area contributed by atoms with Crippen LogP contribution in [0.3, 0.4) is 0 Å². The van der Waals surface area contributed by atoms with E-state index in [4.69, 9.17) is 11.6 Å². The van der Waals surface area contributed by atoms with E-state index in [1.165, 1.54) is 16.7 Å². The summed E-state index contributed by atoms with van der Waals surface area (Å²) in [6.45, 7) is 8.66. The Kier molecular flexibility index (Phi) is 4.21. The number of carbonyl (C=O) groups is 1. The van der Waals surface area contributed by atoms with Crippen LogP contribution < -0.4 is 4.90 Å². The number of anilines is 1. The lowest BCUT2D eigenvalue weighted by Crippen LogP contribution is -2.56. The first-order valence-corrected chi connectivity index (χ1v) is 8.89. The Labute approximate surface area is 149 Å². The minimum Gasteiger partial charge on any atom is -0.305 e. The predicted octanol–water partition coefficient (Wildman–Crippen LogP) is 5.06. The number of benzene rings is 2. The van der Waals surface area contributed by atoms with Gasteiger partial charge in [0.2, 0.25) is 5.91 Å². The molecule has 3 rings (SSSR count). The Bertz CT molecular complexity index is 783. The minimum absolute atomic E-state index is 0.00107. The third kappa shape index (κ3) is 2.63. The molecule has 1 atom stereocenters. The van der Waals surface area contributed by atoms with Gasteiger partial charge in [0.1, 0.15) is 5.88 Å². The average molecular weight is 342 g/mol. The lowest BCUT2D eigenvalue weighted by Gasteiger charge is -2.51.